The molecule has 160 valence electrons. The Morgan fingerprint density at radius 1 is 1.10 bits per heavy atom. The molecule has 0 unspecified atom stereocenters. The third kappa shape index (κ3) is 3.72. The van der Waals surface area contributed by atoms with Crippen molar-refractivity contribution in [2.24, 2.45) is 0 Å². The molecular weight excluding hydrogens is 398 g/mol. The van der Waals surface area contributed by atoms with Gasteiger partial charge in [0.1, 0.15) is 0 Å². The van der Waals surface area contributed by atoms with E-state index >= 15 is 0 Å². The highest BCUT2D eigenvalue weighted by atomic mass is 32.2. The van der Waals surface area contributed by atoms with Crippen LogP contribution >= 0.6 is 0 Å². The summed E-state index contributed by atoms with van der Waals surface area (Å²) in [6, 6.07) is 13.6. The first-order chi connectivity index (χ1) is 14.3. The van der Waals surface area contributed by atoms with Crippen LogP contribution in [0, 0.1) is 6.92 Å². The van der Waals surface area contributed by atoms with E-state index in [-0.39, 0.29) is 11.9 Å². The first-order valence-corrected chi connectivity index (χ1v) is 12.0. The fourth-order valence-electron chi connectivity index (χ4n) is 4.47. The van der Waals surface area contributed by atoms with E-state index in [0.29, 0.717) is 43.9 Å². The quantitative estimate of drug-likeness (QED) is 0.752. The van der Waals surface area contributed by atoms with E-state index in [2.05, 4.69) is 36.9 Å². The molecule has 2 aromatic rings. The Kier molecular flexibility index (Phi) is 5.59. The Bertz CT molecular complexity index is 1070. The average Bonchev–Trinajstić information content (AvgIpc) is 3.16. The Hall–Kier alpha value is -2.38. The molecule has 2 aliphatic heterocycles. The number of anilines is 2. The van der Waals surface area contributed by atoms with Gasteiger partial charge in [-0.25, -0.2) is 8.42 Å². The minimum absolute atomic E-state index is 0.0745. The minimum atomic E-state index is -3.57. The predicted molar refractivity (Wildman–Crippen MR) is 120 cm³/mol. The predicted octanol–water partition coefficient (Wildman–Crippen LogP) is 3.19. The Morgan fingerprint density at radius 3 is 2.60 bits per heavy atom. The molecule has 0 radical (unpaired) electrons. The van der Waals surface area contributed by atoms with E-state index in [1.807, 2.05) is 13.0 Å². The molecule has 1 atom stereocenters. The zero-order valence-electron chi connectivity index (χ0n) is 17.8. The maximum Gasteiger partial charge on any atom is 0.243 e. The van der Waals surface area contributed by atoms with Gasteiger partial charge in [-0.15, -0.1) is 0 Å². The van der Waals surface area contributed by atoms with Gasteiger partial charge in [0.05, 0.1) is 4.90 Å². The van der Waals surface area contributed by atoms with Gasteiger partial charge >= 0.3 is 0 Å². The smallest absolute Gasteiger partial charge is 0.243 e. The number of hydrogen-bond acceptors (Lipinski definition) is 4. The lowest BCUT2D eigenvalue weighted by Gasteiger charge is -2.40. The van der Waals surface area contributed by atoms with Gasteiger partial charge in [0.25, 0.3) is 0 Å². The van der Waals surface area contributed by atoms with Crippen molar-refractivity contribution in [3.8, 4) is 0 Å². The summed E-state index contributed by atoms with van der Waals surface area (Å²) in [6.07, 6.45) is 1.14. The molecule has 1 amide bonds. The van der Waals surface area contributed by atoms with Gasteiger partial charge in [0.2, 0.25) is 15.9 Å². The Labute approximate surface area is 179 Å². The van der Waals surface area contributed by atoms with Crippen LogP contribution in [0.25, 0.3) is 0 Å². The summed E-state index contributed by atoms with van der Waals surface area (Å²) < 4.78 is 28.2. The fraction of sp³-hybridized carbons (Fsp3) is 0.435. The number of aryl methyl sites for hydroxylation is 1. The summed E-state index contributed by atoms with van der Waals surface area (Å²) >= 11 is 0. The van der Waals surface area contributed by atoms with Crippen LogP contribution in [0.2, 0.25) is 0 Å². The summed E-state index contributed by atoms with van der Waals surface area (Å²) in [7, 11) is -3.57. The van der Waals surface area contributed by atoms with Crippen LogP contribution in [-0.4, -0.2) is 50.9 Å². The Balaban J connectivity index is 1.53. The van der Waals surface area contributed by atoms with E-state index in [1.54, 1.807) is 27.4 Å². The molecule has 0 spiro atoms. The second-order valence-electron chi connectivity index (χ2n) is 8.18. The average molecular weight is 428 g/mol. The summed E-state index contributed by atoms with van der Waals surface area (Å²) in [4.78, 5) is 16.5. The van der Waals surface area contributed by atoms with Crippen molar-refractivity contribution in [2.45, 2.75) is 44.6 Å². The number of nitrogens with zero attached hydrogens (tertiary/aromatic N) is 3. The van der Waals surface area contributed by atoms with E-state index in [4.69, 9.17) is 0 Å². The second-order valence-corrected chi connectivity index (χ2v) is 10.1. The second kappa shape index (κ2) is 8.04. The summed E-state index contributed by atoms with van der Waals surface area (Å²) in [5.41, 5.74) is 4.11. The van der Waals surface area contributed by atoms with Gasteiger partial charge in [-0.3, -0.25) is 4.79 Å². The zero-order valence-corrected chi connectivity index (χ0v) is 18.7. The Morgan fingerprint density at radius 2 is 1.90 bits per heavy atom. The maximum absolute atomic E-state index is 13.3. The minimum Gasteiger partial charge on any atom is -0.366 e. The molecule has 4 rings (SSSR count). The van der Waals surface area contributed by atoms with Crippen molar-refractivity contribution in [1.82, 2.24) is 4.31 Å². The van der Waals surface area contributed by atoms with Crippen molar-refractivity contribution in [2.75, 3.05) is 36.0 Å². The van der Waals surface area contributed by atoms with Crippen molar-refractivity contribution in [3.05, 3.63) is 53.6 Å². The van der Waals surface area contributed by atoms with Crippen molar-refractivity contribution < 1.29 is 13.2 Å². The SMILES string of the molecule is CCC(=O)N1CCc2cc(S(=O)(=O)N3CCN(c4cccc(C)c4)[C@@H](C)C3)ccc21. The highest BCUT2D eigenvalue weighted by Gasteiger charge is 2.33. The van der Waals surface area contributed by atoms with E-state index in [0.717, 1.165) is 16.9 Å². The topological polar surface area (TPSA) is 60.9 Å². The largest absolute Gasteiger partial charge is 0.366 e. The number of piperazine rings is 1. The number of hydrogen-bond donors (Lipinski definition) is 0. The highest BCUT2D eigenvalue weighted by molar-refractivity contribution is 7.89. The van der Waals surface area contributed by atoms with E-state index in [9.17, 15) is 13.2 Å². The van der Waals surface area contributed by atoms with Crippen LogP contribution in [0.5, 0.6) is 0 Å². The molecule has 30 heavy (non-hydrogen) atoms. The van der Waals surface area contributed by atoms with Gasteiger partial charge in [0.15, 0.2) is 0 Å². The number of rotatable bonds is 4. The van der Waals surface area contributed by atoms with Crippen LogP contribution in [0.3, 0.4) is 0 Å². The first kappa shape index (κ1) is 20.9. The van der Waals surface area contributed by atoms with Crippen molar-refractivity contribution in [1.29, 1.82) is 0 Å². The van der Waals surface area contributed by atoms with Crippen LogP contribution in [0.1, 0.15) is 31.4 Å². The van der Waals surface area contributed by atoms with Gasteiger partial charge in [-0.2, -0.15) is 4.31 Å². The monoisotopic (exact) mass is 427 g/mol. The lowest BCUT2D eigenvalue weighted by atomic mass is 10.1. The fourth-order valence-corrected chi connectivity index (χ4v) is 6.03. The first-order valence-electron chi connectivity index (χ1n) is 10.6. The van der Waals surface area contributed by atoms with Crippen LogP contribution in [-0.2, 0) is 21.2 Å². The summed E-state index contributed by atoms with van der Waals surface area (Å²) in [5, 5.41) is 0. The summed E-state index contributed by atoms with van der Waals surface area (Å²) in [5.74, 6) is 0.0745. The van der Waals surface area contributed by atoms with Crippen molar-refractivity contribution in [3.63, 3.8) is 0 Å². The van der Waals surface area contributed by atoms with Crippen LogP contribution in [0.4, 0.5) is 11.4 Å². The van der Waals surface area contributed by atoms with Gasteiger partial charge in [-0.05, 0) is 61.7 Å². The summed E-state index contributed by atoms with van der Waals surface area (Å²) in [6.45, 7) is 8.17. The molecule has 0 bridgehead atoms. The van der Waals surface area contributed by atoms with Gasteiger partial charge < -0.3 is 9.80 Å². The molecule has 7 heteroatoms. The molecular formula is C23H29N3O3S. The number of fused-ring (bicyclic) bond motifs is 1. The van der Waals surface area contributed by atoms with Crippen molar-refractivity contribution >= 4 is 27.3 Å². The number of carbonyl (C=O) groups is 1. The normalized spacial score (nSPS) is 19.8. The van der Waals surface area contributed by atoms with Gasteiger partial charge in [0, 0.05) is 50.0 Å². The van der Waals surface area contributed by atoms with E-state index in [1.165, 1.54) is 5.56 Å². The highest BCUT2D eigenvalue weighted by Crippen LogP contribution is 2.32. The molecule has 0 N–H and O–H groups in total. The lowest BCUT2D eigenvalue weighted by molar-refractivity contribution is -0.118. The molecule has 1 saturated heterocycles. The molecule has 0 aromatic heterocycles. The van der Waals surface area contributed by atoms with E-state index < -0.39 is 10.0 Å². The number of benzene rings is 2. The number of carbonyl (C=O) groups excluding carboxylic acids is 1. The molecule has 1 fully saturated rings. The molecule has 2 heterocycles. The number of amides is 1. The van der Waals surface area contributed by atoms with Gasteiger partial charge in [-0.1, -0.05) is 19.1 Å². The van der Waals surface area contributed by atoms with Crippen LogP contribution < -0.4 is 9.80 Å². The molecule has 0 saturated carbocycles. The zero-order chi connectivity index (χ0) is 21.5. The lowest BCUT2D eigenvalue weighted by Crippen LogP contribution is -2.53. The third-order valence-corrected chi connectivity index (χ3v) is 7.97. The van der Waals surface area contributed by atoms with Crippen LogP contribution in [0.15, 0.2) is 47.4 Å². The molecule has 0 aliphatic carbocycles. The number of sulfonamides is 1. The molecule has 2 aliphatic rings. The molecule has 6 nitrogen and oxygen atoms in total. The maximum atomic E-state index is 13.3. The standard InChI is InChI=1S/C23H29N3O3S/c1-4-23(27)26-11-10-19-15-21(8-9-22(19)26)30(28,29)24-12-13-25(18(3)16-24)20-7-5-6-17(2)14-20/h5-9,14-15,18H,4,10-13,16H2,1-3H3/t18-/m0/s1. The third-order valence-electron chi connectivity index (χ3n) is 6.11. The molecule has 2 aromatic carbocycles.